The molecule has 3 aromatic rings. The number of aliphatic hydroxyl groups is 1. The van der Waals surface area contributed by atoms with Crippen LogP contribution in [0.5, 0.6) is 0 Å². The van der Waals surface area contributed by atoms with Gasteiger partial charge in [0, 0.05) is 49.1 Å². The molecule has 1 saturated carbocycles. The van der Waals surface area contributed by atoms with Gasteiger partial charge in [0.25, 0.3) is 0 Å². The maximum Gasteiger partial charge on any atom is 0.416 e. The van der Waals surface area contributed by atoms with E-state index in [9.17, 15) is 36.2 Å². The molecular weight excluding hydrogens is 606 g/mol. The third-order valence-electron chi connectivity index (χ3n) is 9.15. The number of piperidine rings is 1. The van der Waals surface area contributed by atoms with Crippen LogP contribution in [0.2, 0.25) is 0 Å². The van der Waals surface area contributed by atoms with E-state index in [2.05, 4.69) is 16.7 Å². The summed E-state index contributed by atoms with van der Waals surface area (Å²) >= 11 is 0. The maximum absolute atomic E-state index is 14.1. The predicted molar refractivity (Wildman–Crippen MR) is 164 cm³/mol. The molecule has 10 heteroatoms. The highest BCUT2D eigenvalue weighted by Gasteiger charge is 2.40. The molecule has 2 aliphatic rings. The number of carbonyl (C=O) groups excluding carboxylic acids is 1. The molecule has 1 aliphatic heterocycles. The van der Waals surface area contributed by atoms with E-state index in [1.54, 1.807) is 30.3 Å². The number of likely N-dealkylation sites (tertiary alicyclic amines) is 1. The first-order valence-corrected chi connectivity index (χ1v) is 15.5. The average molecular weight is 643 g/mol. The van der Waals surface area contributed by atoms with Gasteiger partial charge in [0.2, 0.25) is 5.91 Å². The zero-order valence-corrected chi connectivity index (χ0v) is 25.4. The Morgan fingerprint density at radius 1 is 0.848 bits per heavy atom. The minimum absolute atomic E-state index is 0.101. The Morgan fingerprint density at radius 2 is 1.37 bits per heavy atom. The van der Waals surface area contributed by atoms with Crippen LogP contribution in [0.3, 0.4) is 0 Å². The molecule has 46 heavy (non-hydrogen) atoms. The fourth-order valence-electron chi connectivity index (χ4n) is 6.48. The van der Waals surface area contributed by atoms with Gasteiger partial charge in [-0.1, -0.05) is 48.2 Å². The molecule has 1 aliphatic carbocycles. The Balaban J connectivity index is 1.29. The minimum Gasteiger partial charge on any atom is -0.377 e. The molecule has 1 amide bonds. The molecule has 0 aromatic heterocycles. The molecule has 3 aromatic carbocycles. The Hall–Kier alpha value is -3.81. The molecule has 1 saturated heterocycles. The Labute approximate surface area is 265 Å². The van der Waals surface area contributed by atoms with Gasteiger partial charge >= 0.3 is 12.4 Å². The van der Waals surface area contributed by atoms with Crippen LogP contribution in [-0.4, -0.2) is 40.6 Å². The van der Waals surface area contributed by atoms with Crippen LogP contribution in [0, 0.1) is 17.8 Å². The summed E-state index contributed by atoms with van der Waals surface area (Å²) < 4.78 is 81.9. The van der Waals surface area contributed by atoms with E-state index in [1.165, 1.54) is 11.8 Å². The topological polar surface area (TPSA) is 43.8 Å². The number of benzene rings is 3. The van der Waals surface area contributed by atoms with Crippen molar-refractivity contribution in [2.45, 2.75) is 75.5 Å². The molecule has 1 heterocycles. The number of carbonyl (C=O) groups is 1. The normalized spacial score (nSPS) is 21.1. The quantitative estimate of drug-likeness (QED) is 0.225. The summed E-state index contributed by atoms with van der Waals surface area (Å²) in [4.78, 5) is 17.7. The van der Waals surface area contributed by atoms with Crippen molar-refractivity contribution in [3.05, 3.63) is 101 Å². The average Bonchev–Trinajstić information content (AvgIpc) is 3.04. The van der Waals surface area contributed by atoms with Crippen molar-refractivity contribution in [2.24, 2.45) is 5.92 Å². The van der Waals surface area contributed by atoms with Gasteiger partial charge in [-0.3, -0.25) is 4.79 Å². The second kappa shape index (κ2) is 13.5. The van der Waals surface area contributed by atoms with Crippen LogP contribution < -0.4 is 4.90 Å². The van der Waals surface area contributed by atoms with Crippen molar-refractivity contribution in [1.29, 1.82) is 0 Å². The molecule has 0 radical (unpaired) electrons. The van der Waals surface area contributed by atoms with E-state index in [-0.39, 0.29) is 23.6 Å². The second-order valence-electron chi connectivity index (χ2n) is 12.2. The first kappa shape index (κ1) is 33.6. The fraction of sp³-hybridized carbons (Fsp3) is 0.417. The van der Waals surface area contributed by atoms with Crippen molar-refractivity contribution in [2.75, 3.05) is 18.0 Å². The number of alkyl halides is 6. The molecule has 1 N–H and O–H groups in total. The highest BCUT2D eigenvalue weighted by atomic mass is 19.4. The maximum atomic E-state index is 14.1. The van der Waals surface area contributed by atoms with Gasteiger partial charge in [-0.15, -0.1) is 0 Å². The summed E-state index contributed by atoms with van der Waals surface area (Å²) in [5.74, 6) is 5.33. The first-order valence-electron chi connectivity index (χ1n) is 15.5. The lowest BCUT2D eigenvalue weighted by molar-refractivity contribution is -0.143. The molecule has 1 unspecified atom stereocenters. The standard InChI is InChI=1S/C36H36F6N2O2/c1-25(28-22-29(35(37,38)39)24-30(23-28)36(40,41)42)44(32-10-6-3-7-11-32)33(45)27-12-14-31(15-13-27)43-20-18-34(46,19-21-43)17-16-26-8-4-2-5-9-26/h2-11,22-25,27,31,46H,12-15,18-21H2,1H3. The number of amides is 1. The summed E-state index contributed by atoms with van der Waals surface area (Å²) in [6.07, 6.45) is -6.49. The van der Waals surface area contributed by atoms with Crippen LogP contribution in [0.25, 0.3) is 0 Å². The van der Waals surface area contributed by atoms with Crippen molar-refractivity contribution in [3.63, 3.8) is 0 Å². The van der Waals surface area contributed by atoms with E-state index in [0.29, 0.717) is 69.4 Å². The second-order valence-corrected chi connectivity index (χ2v) is 12.2. The van der Waals surface area contributed by atoms with E-state index in [1.807, 2.05) is 30.3 Å². The van der Waals surface area contributed by atoms with Crippen LogP contribution >= 0.6 is 0 Å². The Kier molecular flexibility index (Phi) is 9.85. The third kappa shape index (κ3) is 7.94. The van der Waals surface area contributed by atoms with E-state index < -0.39 is 41.0 Å². The van der Waals surface area contributed by atoms with Gasteiger partial charge in [0.05, 0.1) is 17.2 Å². The summed E-state index contributed by atoms with van der Waals surface area (Å²) in [5.41, 5.74) is -2.89. The Bertz CT molecular complexity index is 1510. The molecule has 5 rings (SSSR count). The highest BCUT2D eigenvalue weighted by Crippen LogP contribution is 2.40. The number of rotatable bonds is 5. The third-order valence-corrected chi connectivity index (χ3v) is 9.15. The van der Waals surface area contributed by atoms with Gasteiger partial charge in [0.15, 0.2) is 0 Å². The van der Waals surface area contributed by atoms with E-state index in [0.717, 1.165) is 5.56 Å². The molecule has 4 nitrogen and oxygen atoms in total. The number of anilines is 1. The van der Waals surface area contributed by atoms with Crippen molar-refractivity contribution >= 4 is 11.6 Å². The number of para-hydroxylation sites is 1. The van der Waals surface area contributed by atoms with E-state index in [4.69, 9.17) is 0 Å². The molecule has 244 valence electrons. The lowest BCUT2D eigenvalue weighted by Gasteiger charge is -2.43. The SMILES string of the molecule is CC(c1cc(C(F)(F)F)cc(C(F)(F)F)c1)N(C(=O)C1CCC(N2CCC(O)(C#Cc3ccccc3)CC2)CC1)c1ccccc1. The Morgan fingerprint density at radius 3 is 1.89 bits per heavy atom. The number of halogens is 6. The molecule has 2 fully saturated rings. The number of nitrogens with zero attached hydrogens (tertiary/aromatic N) is 2. The lowest BCUT2D eigenvalue weighted by atomic mass is 9.82. The number of hydrogen-bond donors (Lipinski definition) is 1. The molecule has 0 bridgehead atoms. The predicted octanol–water partition coefficient (Wildman–Crippen LogP) is 8.26. The fourth-order valence-corrected chi connectivity index (χ4v) is 6.48. The monoisotopic (exact) mass is 642 g/mol. The largest absolute Gasteiger partial charge is 0.416 e. The van der Waals surface area contributed by atoms with Gasteiger partial charge in [0.1, 0.15) is 5.60 Å². The minimum atomic E-state index is -4.99. The molecule has 1 atom stereocenters. The zero-order valence-electron chi connectivity index (χ0n) is 25.4. The van der Waals surface area contributed by atoms with E-state index >= 15 is 0 Å². The van der Waals surface area contributed by atoms with Gasteiger partial charge in [-0.2, -0.15) is 26.3 Å². The smallest absolute Gasteiger partial charge is 0.377 e. The van der Waals surface area contributed by atoms with Crippen molar-refractivity contribution in [3.8, 4) is 11.8 Å². The summed E-state index contributed by atoms with van der Waals surface area (Å²) in [5, 5.41) is 11.0. The van der Waals surface area contributed by atoms with Crippen LogP contribution in [0.4, 0.5) is 32.0 Å². The van der Waals surface area contributed by atoms with Crippen LogP contribution in [-0.2, 0) is 17.1 Å². The number of hydrogen-bond acceptors (Lipinski definition) is 3. The summed E-state index contributed by atoms with van der Waals surface area (Å²) in [7, 11) is 0. The van der Waals surface area contributed by atoms with Crippen molar-refractivity contribution in [1.82, 2.24) is 4.90 Å². The van der Waals surface area contributed by atoms with Crippen LogP contribution in [0.1, 0.15) is 73.7 Å². The molecule has 0 spiro atoms. The van der Waals surface area contributed by atoms with Crippen molar-refractivity contribution < 1.29 is 36.2 Å². The van der Waals surface area contributed by atoms with Gasteiger partial charge < -0.3 is 14.9 Å². The summed E-state index contributed by atoms with van der Waals surface area (Å²) in [6.45, 7) is 2.78. The van der Waals surface area contributed by atoms with Crippen LogP contribution in [0.15, 0.2) is 78.9 Å². The summed E-state index contributed by atoms with van der Waals surface area (Å²) in [6, 6.07) is 18.4. The zero-order chi connectivity index (χ0) is 33.1. The first-order chi connectivity index (χ1) is 21.7. The molecular formula is C36H36F6N2O2. The van der Waals surface area contributed by atoms with Gasteiger partial charge in [-0.05, 0) is 80.6 Å². The highest BCUT2D eigenvalue weighted by molar-refractivity contribution is 5.95. The van der Waals surface area contributed by atoms with Gasteiger partial charge in [-0.25, -0.2) is 0 Å². The lowest BCUT2D eigenvalue weighted by Crippen LogP contribution is -2.49.